The Morgan fingerprint density at radius 3 is 2.27 bits per heavy atom. The smallest absolute Gasteiger partial charge is 0.408 e. The lowest BCUT2D eigenvalue weighted by molar-refractivity contribution is 0.0497. The van der Waals surface area contributed by atoms with Crippen molar-refractivity contribution in [3.05, 3.63) is 29.4 Å². The molecular formula is C25H34N4O7S. The molecule has 12 heteroatoms. The minimum absolute atomic E-state index is 0.0353. The first kappa shape index (κ1) is 28.3. The number of esters is 1. The lowest BCUT2D eigenvalue weighted by Gasteiger charge is -2.24. The standard InChI is InChI=1S/C25H34N4O7S/c1-10-32-22(30)15-11-33-20(26-15)17-13(2)35-21(29-17)18-14(3)34-19(28-18)16(12-37-25(7,8)9)27-23(31)36-24(4,5)6/h11,16H,10,12H2,1-9H3,(H,27,31)/t16-/m0/s1. The number of ether oxygens (including phenoxy) is 2. The number of nitrogens with zero attached hydrogens (tertiary/aromatic N) is 3. The van der Waals surface area contributed by atoms with Crippen LogP contribution in [0.5, 0.6) is 0 Å². The Hall–Kier alpha value is -3.28. The molecule has 0 spiro atoms. The van der Waals surface area contributed by atoms with Gasteiger partial charge in [-0.3, -0.25) is 0 Å². The minimum Gasteiger partial charge on any atom is -0.461 e. The monoisotopic (exact) mass is 534 g/mol. The normalized spacial score (nSPS) is 12.9. The molecule has 3 heterocycles. The van der Waals surface area contributed by atoms with E-state index in [1.165, 1.54) is 6.26 Å². The number of amides is 1. The van der Waals surface area contributed by atoms with Crippen LogP contribution in [-0.2, 0) is 9.47 Å². The Morgan fingerprint density at radius 2 is 1.65 bits per heavy atom. The van der Waals surface area contributed by atoms with E-state index in [0.717, 1.165) is 0 Å². The van der Waals surface area contributed by atoms with Crippen LogP contribution in [0.25, 0.3) is 23.2 Å². The van der Waals surface area contributed by atoms with Crippen LogP contribution in [0.4, 0.5) is 4.79 Å². The van der Waals surface area contributed by atoms with Gasteiger partial charge in [-0.2, -0.15) is 11.8 Å². The van der Waals surface area contributed by atoms with Gasteiger partial charge in [0.2, 0.25) is 17.7 Å². The Labute approximate surface area is 220 Å². The van der Waals surface area contributed by atoms with Crippen LogP contribution >= 0.6 is 11.8 Å². The number of thioether (sulfide) groups is 1. The number of aromatic nitrogens is 3. The third kappa shape index (κ3) is 7.61. The average molecular weight is 535 g/mol. The number of carbonyl (C=O) groups excluding carboxylic acids is 2. The van der Waals surface area contributed by atoms with E-state index in [-0.39, 0.29) is 28.8 Å². The summed E-state index contributed by atoms with van der Waals surface area (Å²) >= 11 is 1.65. The second-order valence-corrected chi connectivity index (χ2v) is 12.1. The largest absolute Gasteiger partial charge is 0.461 e. The van der Waals surface area contributed by atoms with Crippen molar-refractivity contribution in [3.8, 4) is 23.2 Å². The van der Waals surface area contributed by atoms with Crippen molar-refractivity contribution in [2.75, 3.05) is 12.4 Å². The summed E-state index contributed by atoms with van der Waals surface area (Å²) in [5.74, 6) is 1.39. The molecule has 0 radical (unpaired) electrons. The summed E-state index contributed by atoms with van der Waals surface area (Å²) in [6, 6.07) is -0.555. The van der Waals surface area contributed by atoms with Gasteiger partial charge in [-0.25, -0.2) is 24.5 Å². The Morgan fingerprint density at radius 1 is 1.00 bits per heavy atom. The van der Waals surface area contributed by atoms with Crippen LogP contribution in [-0.4, -0.2) is 49.7 Å². The van der Waals surface area contributed by atoms with E-state index >= 15 is 0 Å². The van der Waals surface area contributed by atoms with Crippen LogP contribution in [0.1, 0.15) is 82.4 Å². The molecule has 0 bridgehead atoms. The molecule has 0 aliphatic rings. The van der Waals surface area contributed by atoms with E-state index in [2.05, 4.69) is 41.0 Å². The highest BCUT2D eigenvalue weighted by atomic mass is 32.2. The van der Waals surface area contributed by atoms with Crippen LogP contribution in [0.2, 0.25) is 0 Å². The average Bonchev–Trinajstić information content (AvgIpc) is 3.47. The number of hydrogen-bond donors (Lipinski definition) is 1. The van der Waals surface area contributed by atoms with Crippen molar-refractivity contribution < 1.29 is 32.3 Å². The fourth-order valence-corrected chi connectivity index (χ4v) is 3.99. The topological polar surface area (TPSA) is 143 Å². The fourth-order valence-electron chi connectivity index (χ4n) is 3.10. The SMILES string of the molecule is CCOC(=O)c1coc(-c2nc(-c3nc([C@H](CSC(C)(C)C)NC(=O)OC(C)(C)C)oc3C)oc2C)n1. The van der Waals surface area contributed by atoms with Crippen LogP contribution < -0.4 is 5.32 Å². The van der Waals surface area contributed by atoms with Gasteiger partial charge < -0.3 is 28.0 Å². The maximum atomic E-state index is 12.5. The van der Waals surface area contributed by atoms with Crippen molar-refractivity contribution in [1.82, 2.24) is 20.3 Å². The van der Waals surface area contributed by atoms with E-state index in [0.29, 0.717) is 34.6 Å². The summed E-state index contributed by atoms with van der Waals surface area (Å²) in [7, 11) is 0. The zero-order valence-corrected chi connectivity index (χ0v) is 23.5. The second kappa shape index (κ2) is 11.0. The van der Waals surface area contributed by atoms with Crippen molar-refractivity contribution in [3.63, 3.8) is 0 Å². The molecule has 11 nitrogen and oxygen atoms in total. The first-order valence-electron chi connectivity index (χ1n) is 11.9. The molecular weight excluding hydrogens is 500 g/mol. The lowest BCUT2D eigenvalue weighted by atomic mass is 10.2. The van der Waals surface area contributed by atoms with Gasteiger partial charge in [-0.05, 0) is 41.5 Å². The molecule has 1 atom stereocenters. The van der Waals surface area contributed by atoms with Gasteiger partial charge in [-0.1, -0.05) is 20.8 Å². The summed E-state index contributed by atoms with van der Waals surface area (Å²) < 4.78 is 27.6. The van der Waals surface area contributed by atoms with Crippen molar-refractivity contribution in [2.45, 2.75) is 78.7 Å². The maximum Gasteiger partial charge on any atom is 0.408 e. The predicted molar refractivity (Wildman–Crippen MR) is 137 cm³/mol. The van der Waals surface area contributed by atoms with E-state index in [4.69, 9.17) is 22.7 Å². The van der Waals surface area contributed by atoms with Gasteiger partial charge in [0.15, 0.2) is 17.1 Å². The van der Waals surface area contributed by atoms with E-state index in [1.807, 2.05) is 0 Å². The molecule has 0 aliphatic heterocycles. The Kier molecular flexibility index (Phi) is 8.41. The fraction of sp³-hybridized carbons (Fsp3) is 0.560. The summed E-state index contributed by atoms with van der Waals surface area (Å²) in [6.45, 7) is 17.0. The summed E-state index contributed by atoms with van der Waals surface area (Å²) in [6.07, 6.45) is 0.639. The van der Waals surface area contributed by atoms with E-state index in [9.17, 15) is 9.59 Å². The van der Waals surface area contributed by atoms with E-state index in [1.54, 1.807) is 53.3 Å². The highest BCUT2D eigenvalue weighted by molar-refractivity contribution is 8.00. The summed E-state index contributed by atoms with van der Waals surface area (Å²) in [4.78, 5) is 37.7. The van der Waals surface area contributed by atoms with Gasteiger partial charge in [0.05, 0.1) is 6.61 Å². The predicted octanol–water partition coefficient (Wildman–Crippen LogP) is 5.88. The first-order valence-corrected chi connectivity index (χ1v) is 12.9. The third-order valence-electron chi connectivity index (χ3n) is 4.68. The molecule has 3 aromatic rings. The van der Waals surface area contributed by atoms with Crippen LogP contribution in [0.3, 0.4) is 0 Å². The molecule has 0 saturated heterocycles. The van der Waals surface area contributed by atoms with Gasteiger partial charge in [0, 0.05) is 10.5 Å². The molecule has 202 valence electrons. The van der Waals surface area contributed by atoms with Gasteiger partial charge >= 0.3 is 12.1 Å². The Bertz CT molecular complexity index is 1250. The molecule has 0 unspecified atom stereocenters. The summed E-state index contributed by atoms with van der Waals surface area (Å²) in [5, 5.41) is 2.86. The number of alkyl carbamates (subject to hydrolysis) is 1. The quantitative estimate of drug-likeness (QED) is 0.346. The van der Waals surface area contributed by atoms with Gasteiger partial charge in [0.25, 0.3) is 0 Å². The number of aryl methyl sites for hydroxylation is 2. The molecule has 3 aromatic heterocycles. The van der Waals surface area contributed by atoms with Crippen LogP contribution in [0.15, 0.2) is 19.5 Å². The van der Waals surface area contributed by atoms with Crippen LogP contribution in [0, 0.1) is 13.8 Å². The molecule has 0 saturated carbocycles. The number of rotatable bonds is 8. The highest BCUT2D eigenvalue weighted by Gasteiger charge is 2.29. The van der Waals surface area contributed by atoms with Crippen molar-refractivity contribution in [2.24, 2.45) is 0 Å². The second-order valence-electron chi connectivity index (χ2n) is 10.3. The van der Waals surface area contributed by atoms with Gasteiger partial charge in [-0.15, -0.1) is 0 Å². The molecule has 0 aromatic carbocycles. The maximum absolute atomic E-state index is 12.5. The number of nitrogens with one attached hydrogen (secondary N) is 1. The lowest BCUT2D eigenvalue weighted by Crippen LogP contribution is -2.36. The molecule has 1 amide bonds. The molecule has 0 fully saturated rings. The summed E-state index contributed by atoms with van der Waals surface area (Å²) in [5.41, 5.74) is 0.0790. The minimum atomic E-state index is -0.650. The van der Waals surface area contributed by atoms with Crippen molar-refractivity contribution >= 4 is 23.8 Å². The third-order valence-corrected chi connectivity index (χ3v) is 6.04. The molecule has 3 rings (SSSR count). The first-order chi connectivity index (χ1) is 17.2. The molecule has 37 heavy (non-hydrogen) atoms. The number of carbonyl (C=O) groups is 2. The zero-order chi connectivity index (χ0) is 27.5. The van der Waals surface area contributed by atoms with E-state index < -0.39 is 23.7 Å². The zero-order valence-electron chi connectivity index (χ0n) is 22.7. The Balaban J connectivity index is 1.89. The highest BCUT2D eigenvalue weighted by Crippen LogP contribution is 2.33. The number of hydrogen-bond acceptors (Lipinski definition) is 11. The van der Waals surface area contributed by atoms with Gasteiger partial charge in [0.1, 0.15) is 29.4 Å². The number of oxazole rings is 3. The molecule has 1 N–H and O–H groups in total. The van der Waals surface area contributed by atoms with Crippen molar-refractivity contribution in [1.29, 1.82) is 0 Å². The molecule has 0 aliphatic carbocycles.